The molecule has 38 heavy (non-hydrogen) atoms. The van der Waals surface area contributed by atoms with E-state index < -0.39 is 5.97 Å². The quantitative estimate of drug-likeness (QED) is 0.310. The van der Waals surface area contributed by atoms with Crippen LogP contribution in [0.1, 0.15) is 51.5 Å². The monoisotopic (exact) mass is 504 g/mol. The van der Waals surface area contributed by atoms with Gasteiger partial charge in [0.2, 0.25) is 0 Å². The SMILES string of the molecule is O=C(O)CC1CCCN(C(=O)c2ccc(NC(=O)c3ccccc3-c3ccccc3)cc2)c2ccccc21. The summed E-state index contributed by atoms with van der Waals surface area (Å²) in [5, 5.41) is 12.3. The summed E-state index contributed by atoms with van der Waals surface area (Å²) >= 11 is 0. The number of aliphatic carboxylic acids is 1. The number of hydrogen-bond donors (Lipinski definition) is 2. The minimum Gasteiger partial charge on any atom is -0.481 e. The second-order valence-corrected chi connectivity index (χ2v) is 9.40. The van der Waals surface area contributed by atoms with E-state index in [-0.39, 0.29) is 24.2 Å². The van der Waals surface area contributed by atoms with Crippen LogP contribution in [0.3, 0.4) is 0 Å². The molecule has 0 radical (unpaired) electrons. The van der Waals surface area contributed by atoms with E-state index in [0.717, 1.165) is 22.4 Å². The van der Waals surface area contributed by atoms with Gasteiger partial charge in [-0.1, -0.05) is 66.7 Å². The van der Waals surface area contributed by atoms with E-state index in [1.807, 2.05) is 72.8 Å². The van der Waals surface area contributed by atoms with Gasteiger partial charge in [0.25, 0.3) is 11.8 Å². The first-order chi connectivity index (χ1) is 18.5. The number of rotatable bonds is 6. The van der Waals surface area contributed by atoms with E-state index in [9.17, 15) is 19.5 Å². The highest BCUT2D eigenvalue weighted by Gasteiger charge is 2.28. The van der Waals surface area contributed by atoms with E-state index in [0.29, 0.717) is 36.2 Å². The van der Waals surface area contributed by atoms with E-state index in [1.165, 1.54) is 0 Å². The van der Waals surface area contributed by atoms with Gasteiger partial charge in [-0.3, -0.25) is 14.4 Å². The number of carboxylic acids is 1. The Morgan fingerprint density at radius 3 is 2.26 bits per heavy atom. The zero-order valence-electron chi connectivity index (χ0n) is 20.8. The summed E-state index contributed by atoms with van der Waals surface area (Å²) in [5.41, 5.74) is 5.11. The Morgan fingerprint density at radius 1 is 0.816 bits per heavy atom. The van der Waals surface area contributed by atoms with Crippen LogP contribution in [0.15, 0.2) is 103 Å². The fourth-order valence-electron chi connectivity index (χ4n) is 5.09. The van der Waals surface area contributed by atoms with Gasteiger partial charge in [-0.2, -0.15) is 0 Å². The molecular weight excluding hydrogens is 476 g/mol. The standard InChI is InChI=1S/C32H28N2O4/c35-30(36)21-24-11-8-20-34(29-15-7-6-13-27(24)29)32(38)23-16-18-25(19-17-23)33-31(37)28-14-5-4-12-26(28)22-9-2-1-3-10-22/h1-7,9-10,12-19,24H,8,11,20-21H2,(H,33,37)(H,35,36). The molecule has 1 unspecified atom stereocenters. The largest absolute Gasteiger partial charge is 0.481 e. The number of amides is 2. The van der Waals surface area contributed by atoms with Gasteiger partial charge < -0.3 is 15.3 Å². The molecule has 1 aliphatic heterocycles. The van der Waals surface area contributed by atoms with E-state index >= 15 is 0 Å². The van der Waals surface area contributed by atoms with Crippen LogP contribution in [0.2, 0.25) is 0 Å². The highest BCUT2D eigenvalue weighted by Crippen LogP contribution is 2.37. The van der Waals surface area contributed by atoms with E-state index in [4.69, 9.17) is 0 Å². The highest BCUT2D eigenvalue weighted by atomic mass is 16.4. The molecule has 5 rings (SSSR count). The van der Waals surface area contributed by atoms with Gasteiger partial charge in [0.05, 0.1) is 6.42 Å². The number of carbonyl (C=O) groups excluding carboxylic acids is 2. The van der Waals surface area contributed by atoms with Crippen molar-refractivity contribution in [1.29, 1.82) is 0 Å². The lowest BCUT2D eigenvalue weighted by molar-refractivity contribution is -0.137. The molecule has 1 heterocycles. The number of nitrogens with one attached hydrogen (secondary N) is 1. The lowest BCUT2D eigenvalue weighted by Gasteiger charge is -2.24. The average Bonchev–Trinajstić information content (AvgIpc) is 3.13. The van der Waals surface area contributed by atoms with Gasteiger partial charge in [0, 0.05) is 29.0 Å². The molecule has 2 amide bonds. The van der Waals surface area contributed by atoms with Crippen LogP contribution in [-0.2, 0) is 4.79 Å². The summed E-state index contributed by atoms with van der Waals surface area (Å²) in [7, 11) is 0. The first-order valence-corrected chi connectivity index (χ1v) is 12.7. The molecule has 1 aliphatic rings. The molecule has 1 atom stereocenters. The fourth-order valence-corrected chi connectivity index (χ4v) is 5.09. The fraction of sp³-hybridized carbons (Fsp3) is 0.156. The molecule has 0 spiro atoms. The normalized spacial score (nSPS) is 14.7. The molecule has 6 heteroatoms. The van der Waals surface area contributed by atoms with Crippen LogP contribution in [0, 0.1) is 0 Å². The third-order valence-electron chi connectivity index (χ3n) is 6.91. The van der Waals surface area contributed by atoms with Crippen molar-refractivity contribution in [2.45, 2.75) is 25.2 Å². The third kappa shape index (κ3) is 5.34. The summed E-state index contributed by atoms with van der Waals surface area (Å²) < 4.78 is 0. The van der Waals surface area contributed by atoms with Crippen molar-refractivity contribution in [3.8, 4) is 11.1 Å². The van der Waals surface area contributed by atoms with Crippen LogP contribution in [0.25, 0.3) is 11.1 Å². The minimum atomic E-state index is -0.839. The van der Waals surface area contributed by atoms with Crippen molar-refractivity contribution < 1.29 is 19.5 Å². The Hall–Kier alpha value is -4.71. The van der Waals surface area contributed by atoms with Gasteiger partial charge in [0.1, 0.15) is 0 Å². The van der Waals surface area contributed by atoms with E-state index in [1.54, 1.807) is 35.2 Å². The summed E-state index contributed by atoms with van der Waals surface area (Å²) in [6, 6.07) is 31.7. The van der Waals surface area contributed by atoms with Gasteiger partial charge in [0.15, 0.2) is 0 Å². The maximum atomic E-state index is 13.5. The molecule has 0 bridgehead atoms. The lowest BCUT2D eigenvalue weighted by atomic mass is 9.91. The molecule has 6 nitrogen and oxygen atoms in total. The maximum Gasteiger partial charge on any atom is 0.303 e. The molecule has 0 aromatic heterocycles. The summed E-state index contributed by atoms with van der Waals surface area (Å²) in [5.74, 6) is -1.35. The van der Waals surface area contributed by atoms with Crippen molar-refractivity contribution in [1.82, 2.24) is 0 Å². The van der Waals surface area contributed by atoms with Crippen molar-refractivity contribution in [3.63, 3.8) is 0 Å². The summed E-state index contributed by atoms with van der Waals surface area (Å²) in [4.78, 5) is 39.8. The van der Waals surface area contributed by atoms with E-state index in [2.05, 4.69) is 5.32 Å². The molecule has 4 aromatic rings. The van der Waals surface area contributed by atoms with Gasteiger partial charge in [-0.05, 0) is 71.8 Å². The van der Waals surface area contributed by atoms with Crippen LogP contribution in [0.5, 0.6) is 0 Å². The molecule has 190 valence electrons. The van der Waals surface area contributed by atoms with Crippen LogP contribution in [0.4, 0.5) is 11.4 Å². The molecule has 0 fully saturated rings. The number of hydrogen-bond acceptors (Lipinski definition) is 3. The van der Waals surface area contributed by atoms with Gasteiger partial charge in [-0.15, -0.1) is 0 Å². The predicted molar refractivity (Wildman–Crippen MR) is 149 cm³/mol. The topological polar surface area (TPSA) is 86.7 Å². The number of para-hydroxylation sites is 1. The Labute approximate surface area is 221 Å². The highest BCUT2D eigenvalue weighted by molar-refractivity contribution is 6.10. The first-order valence-electron chi connectivity index (χ1n) is 12.7. The van der Waals surface area contributed by atoms with Gasteiger partial charge >= 0.3 is 5.97 Å². The van der Waals surface area contributed by atoms with Crippen molar-refractivity contribution in [2.24, 2.45) is 0 Å². The lowest BCUT2D eigenvalue weighted by Crippen LogP contribution is -2.31. The second kappa shape index (κ2) is 11.1. The zero-order chi connectivity index (χ0) is 26.5. The maximum absolute atomic E-state index is 13.5. The third-order valence-corrected chi connectivity index (χ3v) is 6.91. The second-order valence-electron chi connectivity index (χ2n) is 9.40. The summed E-state index contributed by atoms with van der Waals surface area (Å²) in [6.07, 6.45) is 1.47. The number of carboxylic acid groups (broad SMARTS) is 1. The number of fused-ring (bicyclic) bond motifs is 1. The number of carbonyl (C=O) groups is 3. The molecule has 0 saturated carbocycles. The molecule has 0 saturated heterocycles. The Balaban J connectivity index is 1.34. The number of benzene rings is 4. The predicted octanol–water partition coefficient (Wildman–Crippen LogP) is 6.60. The Kier molecular flexibility index (Phi) is 7.31. The van der Waals surface area contributed by atoms with Crippen molar-refractivity contribution in [3.05, 3.63) is 120 Å². The minimum absolute atomic E-state index is 0.0425. The number of anilines is 2. The molecular formula is C32H28N2O4. The molecule has 4 aromatic carbocycles. The zero-order valence-corrected chi connectivity index (χ0v) is 20.8. The van der Waals surface area contributed by atoms with Gasteiger partial charge in [-0.25, -0.2) is 0 Å². The van der Waals surface area contributed by atoms with Crippen LogP contribution < -0.4 is 10.2 Å². The molecule has 2 N–H and O–H groups in total. The van der Waals surface area contributed by atoms with Crippen LogP contribution >= 0.6 is 0 Å². The summed E-state index contributed by atoms with van der Waals surface area (Å²) in [6.45, 7) is 0.515. The Bertz CT molecular complexity index is 1460. The van der Waals surface area contributed by atoms with Crippen molar-refractivity contribution in [2.75, 3.05) is 16.8 Å². The molecule has 0 aliphatic carbocycles. The number of nitrogens with zero attached hydrogens (tertiary/aromatic N) is 1. The average molecular weight is 505 g/mol. The Morgan fingerprint density at radius 2 is 1.50 bits per heavy atom. The van der Waals surface area contributed by atoms with Crippen LogP contribution in [-0.4, -0.2) is 29.4 Å². The smallest absolute Gasteiger partial charge is 0.303 e. The first kappa shape index (κ1) is 25.0. The van der Waals surface area contributed by atoms with Crippen molar-refractivity contribution >= 4 is 29.2 Å².